The molecule has 11 heteroatoms. The van der Waals surface area contributed by atoms with Gasteiger partial charge in [-0.05, 0) is 74.5 Å². The maximum absolute atomic E-state index is 13.0. The zero-order valence-corrected chi connectivity index (χ0v) is 20.3. The number of halogens is 2. The number of nitrogens with one attached hydrogen (secondary N) is 1. The highest BCUT2D eigenvalue weighted by molar-refractivity contribution is 6.33. The summed E-state index contributed by atoms with van der Waals surface area (Å²) in [6, 6.07) is 0. The minimum atomic E-state index is -0.513. The van der Waals surface area contributed by atoms with Gasteiger partial charge in [-0.25, -0.2) is 0 Å². The molecule has 4 bridgehead atoms. The first-order valence-electron chi connectivity index (χ1n) is 11.5. The first kappa shape index (κ1) is 22.7. The standard InChI is InChI=1S/C22H28Cl2N6O3/c1-3-28-11-16(23)17(26-28)10-25-18(31)9-21-5-14-4-15(6-21)8-22(7-14,12-21)29-13(2)19(24)20(27-29)30(32)33/h11,14-15H,3-10,12H2,1-2H3,(H,25,31). The van der Waals surface area contributed by atoms with Crippen molar-refractivity contribution >= 4 is 34.9 Å². The highest BCUT2D eigenvalue weighted by Crippen LogP contribution is 2.65. The molecule has 2 unspecified atom stereocenters. The predicted octanol–water partition coefficient (Wildman–Crippen LogP) is 4.62. The highest BCUT2D eigenvalue weighted by Gasteiger charge is 2.60. The van der Waals surface area contributed by atoms with Crippen LogP contribution >= 0.6 is 23.2 Å². The van der Waals surface area contributed by atoms with E-state index in [1.165, 1.54) is 0 Å². The first-order valence-corrected chi connectivity index (χ1v) is 12.3. The Morgan fingerprint density at radius 1 is 1.27 bits per heavy atom. The molecule has 9 nitrogen and oxygen atoms in total. The normalized spacial score (nSPS) is 30.1. The lowest BCUT2D eigenvalue weighted by Gasteiger charge is -2.61. The van der Waals surface area contributed by atoms with E-state index in [4.69, 9.17) is 23.2 Å². The predicted molar refractivity (Wildman–Crippen MR) is 123 cm³/mol. The molecule has 1 N–H and O–H groups in total. The molecule has 178 valence electrons. The van der Waals surface area contributed by atoms with E-state index in [2.05, 4.69) is 15.5 Å². The zero-order chi connectivity index (χ0) is 23.5. The van der Waals surface area contributed by atoms with Gasteiger partial charge in [-0.2, -0.15) is 9.78 Å². The van der Waals surface area contributed by atoms with Gasteiger partial charge in [-0.15, -0.1) is 0 Å². The van der Waals surface area contributed by atoms with Crippen molar-refractivity contribution in [1.29, 1.82) is 0 Å². The molecule has 0 spiro atoms. The van der Waals surface area contributed by atoms with Gasteiger partial charge in [0.25, 0.3) is 0 Å². The van der Waals surface area contributed by atoms with E-state index in [0.29, 0.717) is 41.2 Å². The fraction of sp³-hybridized carbons (Fsp3) is 0.682. The Morgan fingerprint density at radius 3 is 2.55 bits per heavy atom. The second-order valence-electron chi connectivity index (χ2n) is 10.3. The van der Waals surface area contributed by atoms with Crippen LogP contribution in [0.5, 0.6) is 0 Å². The van der Waals surface area contributed by atoms with Crippen LogP contribution in [-0.2, 0) is 23.4 Å². The van der Waals surface area contributed by atoms with Gasteiger partial charge in [-0.3, -0.25) is 9.48 Å². The summed E-state index contributed by atoms with van der Waals surface area (Å²) in [5.41, 5.74) is 0.879. The molecule has 33 heavy (non-hydrogen) atoms. The lowest BCUT2D eigenvalue weighted by molar-refractivity contribution is -0.389. The van der Waals surface area contributed by atoms with E-state index in [9.17, 15) is 14.9 Å². The zero-order valence-electron chi connectivity index (χ0n) is 18.8. The lowest BCUT2D eigenvalue weighted by Crippen LogP contribution is -2.57. The summed E-state index contributed by atoms with van der Waals surface area (Å²) >= 11 is 12.5. The number of nitro groups is 1. The molecule has 0 saturated heterocycles. The van der Waals surface area contributed by atoms with Crippen molar-refractivity contribution in [3.8, 4) is 0 Å². The molecule has 4 aliphatic carbocycles. The van der Waals surface area contributed by atoms with Gasteiger partial charge in [0.05, 0.1) is 27.9 Å². The first-order chi connectivity index (χ1) is 15.6. The summed E-state index contributed by atoms with van der Waals surface area (Å²) in [6.07, 6.45) is 8.06. The van der Waals surface area contributed by atoms with Crippen LogP contribution in [0.25, 0.3) is 0 Å². The number of aryl methyl sites for hydroxylation is 1. The van der Waals surface area contributed by atoms with Gasteiger partial charge >= 0.3 is 5.82 Å². The van der Waals surface area contributed by atoms with Crippen LogP contribution in [0.3, 0.4) is 0 Å². The third kappa shape index (κ3) is 3.83. The number of rotatable bonds is 7. The Kier molecular flexibility index (Phi) is 5.47. The SMILES string of the molecule is CCn1cc(Cl)c(CNC(=O)CC23CC4CC(C2)CC(n2nc([N+](=O)[O-])c(Cl)c2C)(C4)C3)n1. The van der Waals surface area contributed by atoms with E-state index in [1.54, 1.807) is 17.8 Å². The molecule has 1 amide bonds. The summed E-state index contributed by atoms with van der Waals surface area (Å²) in [4.78, 5) is 23.9. The minimum Gasteiger partial charge on any atom is -0.358 e. The second-order valence-corrected chi connectivity index (χ2v) is 11.1. The molecule has 6 rings (SSSR count). The summed E-state index contributed by atoms with van der Waals surface area (Å²) in [6.45, 7) is 4.81. The number of carbonyl (C=O) groups is 1. The summed E-state index contributed by atoms with van der Waals surface area (Å²) in [7, 11) is 0. The fourth-order valence-electron chi connectivity index (χ4n) is 7.21. The molecule has 0 aliphatic heterocycles. The average Bonchev–Trinajstić information content (AvgIpc) is 3.24. The number of aromatic nitrogens is 4. The molecule has 2 aromatic rings. The van der Waals surface area contributed by atoms with E-state index in [1.807, 2.05) is 11.6 Å². The molecule has 2 heterocycles. The van der Waals surface area contributed by atoms with E-state index < -0.39 is 4.92 Å². The lowest BCUT2D eigenvalue weighted by atomic mass is 9.46. The van der Waals surface area contributed by atoms with E-state index >= 15 is 0 Å². The van der Waals surface area contributed by atoms with E-state index in [0.717, 1.165) is 45.1 Å². The molecule has 2 aromatic heterocycles. The molecule has 4 fully saturated rings. The van der Waals surface area contributed by atoms with Crippen molar-refractivity contribution in [1.82, 2.24) is 24.9 Å². The van der Waals surface area contributed by atoms with E-state index in [-0.39, 0.29) is 27.7 Å². The average molecular weight is 495 g/mol. The summed E-state index contributed by atoms with van der Waals surface area (Å²) in [5.74, 6) is 0.709. The van der Waals surface area contributed by atoms with Crippen molar-refractivity contribution in [3.63, 3.8) is 0 Å². The van der Waals surface area contributed by atoms with Crippen LogP contribution < -0.4 is 5.32 Å². The van der Waals surface area contributed by atoms with Gasteiger partial charge in [0, 0.05) is 19.2 Å². The number of hydrogen-bond donors (Lipinski definition) is 1. The van der Waals surface area contributed by atoms with Crippen molar-refractivity contribution in [2.75, 3.05) is 0 Å². The molecule has 0 aromatic carbocycles. The number of amides is 1. The molecular formula is C22H28Cl2N6O3. The van der Waals surface area contributed by atoms with Crippen molar-refractivity contribution < 1.29 is 9.72 Å². The third-order valence-corrected chi connectivity index (χ3v) is 8.66. The van der Waals surface area contributed by atoms with Crippen LogP contribution in [0.1, 0.15) is 63.3 Å². The minimum absolute atomic E-state index is 0.00425. The van der Waals surface area contributed by atoms with Crippen LogP contribution in [0.2, 0.25) is 10.0 Å². The largest absolute Gasteiger partial charge is 0.408 e. The van der Waals surface area contributed by atoms with Gasteiger partial charge in [0.2, 0.25) is 5.91 Å². The fourth-order valence-corrected chi connectivity index (χ4v) is 7.61. The van der Waals surface area contributed by atoms with Gasteiger partial charge in [0.15, 0.2) is 5.02 Å². The van der Waals surface area contributed by atoms with Gasteiger partial charge in [-0.1, -0.05) is 23.2 Å². The Hall–Kier alpha value is -2.13. The Morgan fingerprint density at radius 2 is 1.97 bits per heavy atom. The molecule has 4 aliphatic rings. The summed E-state index contributed by atoms with van der Waals surface area (Å²) < 4.78 is 3.58. The summed E-state index contributed by atoms with van der Waals surface area (Å²) in [5, 5.41) is 23.9. The number of carbonyl (C=O) groups excluding carboxylic acids is 1. The number of nitrogens with zero attached hydrogens (tertiary/aromatic N) is 5. The monoisotopic (exact) mass is 494 g/mol. The second kappa shape index (κ2) is 7.98. The maximum atomic E-state index is 13.0. The van der Waals surface area contributed by atoms with Gasteiger partial charge in [0.1, 0.15) is 5.69 Å². The molecule has 2 atom stereocenters. The topological polar surface area (TPSA) is 108 Å². The van der Waals surface area contributed by atoms with Gasteiger partial charge < -0.3 is 15.4 Å². The molecule has 4 saturated carbocycles. The third-order valence-electron chi connectivity index (χ3n) is 7.90. The molecule has 0 radical (unpaired) electrons. The van der Waals surface area contributed by atoms with Crippen molar-refractivity contribution in [2.45, 2.75) is 77.4 Å². The van der Waals surface area contributed by atoms with Crippen LogP contribution in [0.4, 0.5) is 5.82 Å². The highest BCUT2D eigenvalue weighted by atomic mass is 35.5. The van der Waals surface area contributed by atoms with Crippen molar-refractivity contribution in [2.24, 2.45) is 17.3 Å². The Balaban J connectivity index is 1.36. The van der Waals surface area contributed by atoms with Crippen molar-refractivity contribution in [3.05, 3.63) is 37.7 Å². The number of hydrogen-bond acceptors (Lipinski definition) is 5. The Bertz CT molecular complexity index is 1110. The van der Waals surface area contributed by atoms with Crippen LogP contribution in [-0.4, -0.2) is 30.4 Å². The quantitative estimate of drug-likeness (QED) is 0.445. The van der Waals surface area contributed by atoms with Crippen LogP contribution in [0, 0.1) is 34.3 Å². The smallest absolute Gasteiger partial charge is 0.358 e. The molecular weight excluding hydrogens is 467 g/mol. The Labute approximate surface area is 201 Å². The maximum Gasteiger partial charge on any atom is 0.408 e. The van der Waals surface area contributed by atoms with Crippen LogP contribution in [0.15, 0.2) is 6.20 Å².